The molecule has 0 N–H and O–H groups in total. The van der Waals surface area contributed by atoms with Gasteiger partial charge in [0.05, 0.1) is 12.6 Å². The van der Waals surface area contributed by atoms with Crippen molar-refractivity contribution in [3.8, 4) is 5.82 Å². The topological polar surface area (TPSA) is 85.1 Å². The van der Waals surface area contributed by atoms with Crippen LogP contribution in [0.4, 0.5) is 11.8 Å². The normalized spacial score (nSPS) is 16.3. The number of piperazine rings is 1. The summed E-state index contributed by atoms with van der Waals surface area (Å²) in [6, 6.07) is 10.1. The zero-order chi connectivity index (χ0) is 23.2. The van der Waals surface area contributed by atoms with Gasteiger partial charge < -0.3 is 14.5 Å². The lowest BCUT2D eigenvalue weighted by Crippen LogP contribution is -2.56. The van der Waals surface area contributed by atoms with E-state index in [9.17, 15) is 0 Å². The summed E-state index contributed by atoms with van der Waals surface area (Å²) in [5.74, 6) is 2.53. The van der Waals surface area contributed by atoms with Crippen molar-refractivity contribution in [2.75, 3.05) is 43.2 Å². The highest BCUT2D eigenvalue weighted by Gasteiger charge is 2.29. The summed E-state index contributed by atoms with van der Waals surface area (Å²) in [4.78, 5) is 26.8. The number of rotatable bonds is 7. The number of hydrogen-bond acceptors (Lipinski definition) is 8. The maximum Gasteiger partial charge on any atom is 0.225 e. The van der Waals surface area contributed by atoms with Crippen molar-refractivity contribution < 1.29 is 4.74 Å². The first-order valence-corrected chi connectivity index (χ1v) is 11.2. The maximum absolute atomic E-state index is 5.48. The Balaban J connectivity index is 1.23. The van der Waals surface area contributed by atoms with Crippen LogP contribution in [-0.2, 0) is 4.74 Å². The standard InChI is InChI=1S/C25H26N8O/c1-34-18-22-17-31(12-13-33(22)24-4-2-3-9-27-24)25-29-15-21(16-30-25)6-5-20-7-8-23(28-14-20)32-11-10-26-19-32/h2-11,14-16,19,22H,12-13,17-18H2,1H3/b6-5+/t22-/m1/s1. The summed E-state index contributed by atoms with van der Waals surface area (Å²) >= 11 is 0. The van der Waals surface area contributed by atoms with Crippen LogP contribution in [0.1, 0.15) is 11.1 Å². The molecule has 9 nitrogen and oxygen atoms in total. The molecule has 5 heterocycles. The van der Waals surface area contributed by atoms with Gasteiger partial charge in [-0.05, 0) is 29.8 Å². The Labute approximate surface area is 198 Å². The molecule has 1 saturated heterocycles. The largest absolute Gasteiger partial charge is 0.382 e. The number of nitrogens with zero attached hydrogens (tertiary/aromatic N) is 8. The van der Waals surface area contributed by atoms with E-state index in [0.717, 1.165) is 48.3 Å². The highest BCUT2D eigenvalue weighted by Crippen LogP contribution is 2.21. The fraction of sp³-hybridized carbons (Fsp3) is 0.240. The average Bonchev–Trinajstić information content (AvgIpc) is 3.44. The maximum atomic E-state index is 5.48. The Morgan fingerprint density at radius 1 is 0.912 bits per heavy atom. The lowest BCUT2D eigenvalue weighted by Gasteiger charge is -2.41. The molecule has 1 aliphatic heterocycles. The number of methoxy groups -OCH3 is 1. The van der Waals surface area contributed by atoms with Gasteiger partial charge in [0.2, 0.25) is 5.95 Å². The monoisotopic (exact) mass is 454 g/mol. The van der Waals surface area contributed by atoms with Gasteiger partial charge in [0.25, 0.3) is 0 Å². The van der Waals surface area contributed by atoms with Crippen LogP contribution in [0, 0.1) is 0 Å². The van der Waals surface area contributed by atoms with Crippen molar-refractivity contribution >= 4 is 23.9 Å². The van der Waals surface area contributed by atoms with Crippen LogP contribution in [-0.4, -0.2) is 68.9 Å². The minimum Gasteiger partial charge on any atom is -0.382 e. The molecular weight excluding hydrogens is 428 g/mol. The van der Waals surface area contributed by atoms with Crippen LogP contribution in [0.3, 0.4) is 0 Å². The van der Waals surface area contributed by atoms with Gasteiger partial charge in [-0.1, -0.05) is 18.2 Å². The molecule has 4 aromatic rings. The highest BCUT2D eigenvalue weighted by molar-refractivity contribution is 5.68. The third-order valence-electron chi connectivity index (χ3n) is 5.73. The summed E-state index contributed by atoms with van der Waals surface area (Å²) in [6.07, 6.45) is 16.7. The number of anilines is 2. The molecule has 0 aliphatic carbocycles. The second-order valence-corrected chi connectivity index (χ2v) is 8.01. The van der Waals surface area contributed by atoms with Gasteiger partial charge in [-0.2, -0.15) is 0 Å². The minimum atomic E-state index is 0.176. The fourth-order valence-corrected chi connectivity index (χ4v) is 4.01. The van der Waals surface area contributed by atoms with Crippen LogP contribution >= 0.6 is 0 Å². The number of pyridine rings is 2. The molecule has 0 radical (unpaired) electrons. The zero-order valence-corrected chi connectivity index (χ0v) is 19.0. The minimum absolute atomic E-state index is 0.176. The van der Waals surface area contributed by atoms with Gasteiger partial charge in [0, 0.05) is 69.5 Å². The summed E-state index contributed by atoms with van der Waals surface area (Å²) in [7, 11) is 1.73. The van der Waals surface area contributed by atoms with Gasteiger partial charge in [-0.15, -0.1) is 0 Å². The van der Waals surface area contributed by atoms with Crippen molar-refractivity contribution in [2.24, 2.45) is 0 Å². The lowest BCUT2D eigenvalue weighted by molar-refractivity contribution is 0.173. The molecule has 9 heteroatoms. The molecule has 4 aromatic heterocycles. The lowest BCUT2D eigenvalue weighted by atomic mass is 10.1. The van der Waals surface area contributed by atoms with Gasteiger partial charge in [0.15, 0.2) is 0 Å². The Hall–Kier alpha value is -4.11. The van der Waals surface area contributed by atoms with Crippen LogP contribution in [0.25, 0.3) is 18.0 Å². The van der Waals surface area contributed by atoms with Gasteiger partial charge in [-0.25, -0.2) is 24.9 Å². The van der Waals surface area contributed by atoms with E-state index in [2.05, 4.69) is 34.7 Å². The van der Waals surface area contributed by atoms with E-state index in [4.69, 9.17) is 4.74 Å². The molecule has 0 aromatic carbocycles. The molecular formula is C25H26N8O. The van der Waals surface area contributed by atoms with Gasteiger partial charge in [0.1, 0.15) is 18.0 Å². The van der Waals surface area contributed by atoms with Crippen molar-refractivity contribution in [2.45, 2.75) is 6.04 Å². The second kappa shape index (κ2) is 10.2. The molecule has 1 atom stereocenters. The first-order chi connectivity index (χ1) is 16.8. The van der Waals surface area contributed by atoms with E-state index in [1.165, 1.54) is 0 Å². The highest BCUT2D eigenvalue weighted by atomic mass is 16.5. The predicted octanol–water partition coefficient (Wildman–Crippen LogP) is 2.96. The summed E-state index contributed by atoms with van der Waals surface area (Å²) in [6.45, 7) is 3.04. The Morgan fingerprint density at radius 2 is 1.76 bits per heavy atom. The molecule has 1 aliphatic rings. The van der Waals surface area contributed by atoms with Gasteiger partial charge >= 0.3 is 0 Å². The van der Waals surface area contributed by atoms with E-state index in [1.807, 2.05) is 78.0 Å². The third-order valence-corrected chi connectivity index (χ3v) is 5.73. The molecule has 0 amide bonds. The van der Waals surface area contributed by atoms with E-state index < -0.39 is 0 Å². The Kier molecular flexibility index (Phi) is 6.53. The van der Waals surface area contributed by atoms with Crippen LogP contribution < -0.4 is 9.80 Å². The molecule has 0 bridgehead atoms. The van der Waals surface area contributed by atoms with Crippen molar-refractivity contribution in [1.82, 2.24) is 29.5 Å². The Morgan fingerprint density at radius 3 is 2.47 bits per heavy atom. The van der Waals surface area contributed by atoms with Crippen molar-refractivity contribution in [1.29, 1.82) is 0 Å². The van der Waals surface area contributed by atoms with Crippen LogP contribution in [0.2, 0.25) is 0 Å². The first kappa shape index (κ1) is 21.7. The molecule has 34 heavy (non-hydrogen) atoms. The fourth-order valence-electron chi connectivity index (χ4n) is 4.01. The second-order valence-electron chi connectivity index (χ2n) is 8.01. The Bertz CT molecular complexity index is 1190. The molecule has 1 fully saturated rings. The smallest absolute Gasteiger partial charge is 0.225 e. The quantitative estimate of drug-likeness (QED) is 0.421. The summed E-state index contributed by atoms with van der Waals surface area (Å²) in [5.41, 5.74) is 1.93. The number of imidazole rings is 1. The zero-order valence-electron chi connectivity index (χ0n) is 19.0. The van der Waals surface area contributed by atoms with Crippen molar-refractivity contribution in [3.05, 3.63) is 85.0 Å². The van der Waals surface area contributed by atoms with Crippen LogP contribution in [0.15, 0.2) is 73.8 Å². The molecule has 0 saturated carbocycles. The number of hydrogen-bond donors (Lipinski definition) is 0. The number of ether oxygens (including phenoxy) is 1. The van der Waals surface area contributed by atoms with Gasteiger partial charge in [-0.3, -0.25) is 4.57 Å². The molecule has 0 spiro atoms. The SMILES string of the molecule is COC[C@H]1CN(c2ncc(/C=C/c3ccc(-n4ccnc4)nc3)cn2)CCN1c1ccccn1. The summed E-state index contributed by atoms with van der Waals surface area (Å²) < 4.78 is 7.35. The summed E-state index contributed by atoms with van der Waals surface area (Å²) in [5, 5.41) is 0. The predicted molar refractivity (Wildman–Crippen MR) is 132 cm³/mol. The average molecular weight is 455 g/mol. The van der Waals surface area contributed by atoms with E-state index >= 15 is 0 Å². The molecule has 0 unspecified atom stereocenters. The van der Waals surface area contributed by atoms with E-state index in [0.29, 0.717) is 6.61 Å². The molecule has 5 rings (SSSR count). The van der Waals surface area contributed by atoms with E-state index in [1.54, 1.807) is 19.6 Å². The van der Waals surface area contributed by atoms with E-state index in [-0.39, 0.29) is 6.04 Å². The molecule has 172 valence electrons. The first-order valence-electron chi connectivity index (χ1n) is 11.2. The number of aromatic nitrogens is 6. The van der Waals surface area contributed by atoms with Crippen molar-refractivity contribution in [3.63, 3.8) is 0 Å². The van der Waals surface area contributed by atoms with Crippen LogP contribution in [0.5, 0.6) is 0 Å². The third kappa shape index (κ3) is 4.94.